The molecule has 86 valence electrons. The van der Waals surface area contributed by atoms with Gasteiger partial charge in [-0.05, 0) is 39.6 Å². The van der Waals surface area contributed by atoms with Crippen molar-refractivity contribution in [2.24, 2.45) is 0 Å². The van der Waals surface area contributed by atoms with Gasteiger partial charge in [-0.25, -0.2) is 0 Å². The quantitative estimate of drug-likeness (QED) is 0.601. The maximum Gasteiger partial charge on any atom is 0.393 e. The van der Waals surface area contributed by atoms with Crippen molar-refractivity contribution >= 4 is 49.7 Å². The van der Waals surface area contributed by atoms with E-state index in [2.05, 4.69) is 0 Å². The third-order valence-corrected chi connectivity index (χ3v) is 4.57. The van der Waals surface area contributed by atoms with E-state index in [1.807, 2.05) is 22.6 Å². The maximum absolute atomic E-state index is 12.4. The van der Waals surface area contributed by atoms with Crippen molar-refractivity contribution in [2.75, 3.05) is 5.73 Å². The largest absolute Gasteiger partial charge is 0.398 e. The number of halogens is 4. The first-order valence-corrected chi connectivity index (χ1v) is 6.30. The van der Waals surface area contributed by atoms with E-state index in [1.54, 1.807) is 18.2 Å². The molecule has 6 heteroatoms. The number of rotatable bonds is 1. The van der Waals surface area contributed by atoms with Crippen LogP contribution in [0.1, 0.15) is 5.56 Å². The van der Waals surface area contributed by atoms with Crippen molar-refractivity contribution in [3.63, 3.8) is 0 Å². The van der Waals surface area contributed by atoms with Gasteiger partial charge >= 0.3 is 6.18 Å². The lowest BCUT2D eigenvalue weighted by atomic mass is 10.1. The van der Waals surface area contributed by atoms with Gasteiger partial charge in [0.15, 0.2) is 0 Å². The van der Waals surface area contributed by atoms with Gasteiger partial charge in [-0.3, -0.25) is 0 Å². The maximum atomic E-state index is 12.4. The standard InChI is InChI=1S/C10H7F3INS/c11-10(12,13)4-6-5-2-1-3-7(15)8(5)16-9(6)14/h1-3H,4,15H2. The fraction of sp³-hybridized carbons (Fsp3) is 0.200. The van der Waals surface area contributed by atoms with Gasteiger partial charge in [0.1, 0.15) is 0 Å². The number of thiophene rings is 1. The van der Waals surface area contributed by atoms with Crippen molar-refractivity contribution in [2.45, 2.75) is 12.6 Å². The fourth-order valence-electron chi connectivity index (χ4n) is 1.53. The van der Waals surface area contributed by atoms with Gasteiger partial charge in [0, 0.05) is 5.69 Å². The number of fused-ring (bicyclic) bond motifs is 1. The van der Waals surface area contributed by atoms with E-state index in [9.17, 15) is 13.2 Å². The van der Waals surface area contributed by atoms with Gasteiger partial charge < -0.3 is 5.73 Å². The second kappa shape index (κ2) is 4.06. The smallest absolute Gasteiger partial charge is 0.393 e. The zero-order chi connectivity index (χ0) is 11.9. The van der Waals surface area contributed by atoms with Crippen LogP contribution in [0.2, 0.25) is 0 Å². The van der Waals surface area contributed by atoms with Crippen LogP contribution in [0, 0.1) is 2.88 Å². The lowest BCUT2D eigenvalue weighted by molar-refractivity contribution is -0.127. The summed E-state index contributed by atoms with van der Waals surface area (Å²) in [5.74, 6) is 0. The van der Waals surface area contributed by atoms with E-state index in [0.717, 1.165) is 4.70 Å². The number of alkyl halides is 3. The Kier molecular flexibility index (Phi) is 3.04. The number of nitrogen functional groups attached to an aromatic ring is 1. The SMILES string of the molecule is Nc1cccc2c(CC(F)(F)F)c(I)sc12. The average Bonchev–Trinajstić information content (AvgIpc) is 2.44. The van der Waals surface area contributed by atoms with E-state index in [-0.39, 0.29) is 0 Å². The van der Waals surface area contributed by atoms with Crippen LogP contribution >= 0.6 is 33.9 Å². The predicted molar refractivity (Wildman–Crippen MR) is 68.7 cm³/mol. The highest BCUT2D eigenvalue weighted by Crippen LogP contribution is 2.38. The summed E-state index contributed by atoms with van der Waals surface area (Å²) in [6, 6.07) is 5.07. The Hall–Kier alpha value is -0.500. The Morgan fingerprint density at radius 2 is 2.00 bits per heavy atom. The zero-order valence-electron chi connectivity index (χ0n) is 7.94. The van der Waals surface area contributed by atoms with Crippen LogP contribution in [0.4, 0.5) is 18.9 Å². The molecule has 0 bridgehead atoms. The first kappa shape index (κ1) is 12.0. The highest BCUT2D eigenvalue weighted by Gasteiger charge is 2.30. The summed E-state index contributed by atoms with van der Waals surface area (Å²) in [4.78, 5) is 0. The highest BCUT2D eigenvalue weighted by molar-refractivity contribution is 14.1. The summed E-state index contributed by atoms with van der Waals surface area (Å²) in [6.45, 7) is 0. The van der Waals surface area contributed by atoms with Gasteiger partial charge in [-0.2, -0.15) is 13.2 Å². The monoisotopic (exact) mass is 357 g/mol. The van der Waals surface area contributed by atoms with Crippen LogP contribution in [0.15, 0.2) is 18.2 Å². The molecule has 1 aromatic carbocycles. The number of anilines is 1. The first-order valence-electron chi connectivity index (χ1n) is 4.40. The average molecular weight is 357 g/mol. The number of hydrogen-bond donors (Lipinski definition) is 1. The van der Waals surface area contributed by atoms with E-state index >= 15 is 0 Å². The summed E-state index contributed by atoms with van der Waals surface area (Å²) in [7, 11) is 0. The number of benzene rings is 1. The molecule has 2 N–H and O–H groups in total. The van der Waals surface area contributed by atoms with Crippen LogP contribution in [-0.4, -0.2) is 6.18 Å². The summed E-state index contributed by atoms with van der Waals surface area (Å²) in [6.07, 6.45) is -5.08. The van der Waals surface area contributed by atoms with Crippen LogP contribution in [0.25, 0.3) is 10.1 Å². The Labute approximate surface area is 108 Å². The van der Waals surface area contributed by atoms with E-state index in [0.29, 0.717) is 19.5 Å². The minimum absolute atomic E-state index is 0.334. The van der Waals surface area contributed by atoms with Crippen molar-refractivity contribution < 1.29 is 13.2 Å². The van der Waals surface area contributed by atoms with Crippen molar-refractivity contribution in [1.29, 1.82) is 0 Å². The molecule has 0 aliphatic carbocycles. The lowest BCUT2D eigenvalue weighted by Gasteiger charge is -2.05. The molecule has 1 nitrogen and oxygen atoms in total. The molecule has 16 heavy (non-hydrogen) atoms. The van der Waals surface area contributed by atoms with Gasteiger partial charge in [-0.15, -0.1) is 11.3 Å². The summed E-state index contributed by atoms with van der Waals surface area (Å²) in [5.41, 5.74) is 6.60. The first-order chi connectivity index (χ1) is 7.38. The van der Waals surface area contributed by atoms with Crippen LogP contribution < -0.4 is 5.73 Å². The molecule has 0 unspecified atom stereocenters. The summed E-state index contributed by atoms with van der Waals surface area (Å²) >= 11 is 3.24. The number of hydrogen-bond acceptors (Lipinski definition) is 2. The Bertz CT molecular complexity index is 533. The van der Waals surface area contributed by atoms with E-state index in [1.165, 1.54) is 11.3 Å². The Morgan fingerprint density at radius 3 is 2.62 bits per heavy atom. The third kappa shape index (κ3) is 2.27. The molecule has 0 amide bonds. The Morgan fingerprint density at radius 1 is 1.31 bits per heavy atom. The molecule has 0 aliphatic heterocycles. The van der Waals surface area contributed by atoms with E-state index in [4.69, 9.17) is 5.73 Å². The molecule has 0 aliphatic rings. The van der Waals surface area contributed by atoms with Gasteiger partial charge in [0.2, 0.25) is 0 Å². The van der Waals surface area contributed by atoms with Gasteiger partial charge in [-0.1, -0.05) is 12.1 Å². The molecule has 2 aromatic rings. The minimum atomic E-state index is -4.18. The van der Waals surface area contributed by atoms with Crippen LogP contribution in [-0.2, 0) is 6.42 Å². The summed E-state index contributed by atoms with van der Waals surface area (Å²) in [5, 5.41) is 0.617. The molecule has 0 saturated carbocycles. The van der Waals surface area contributed by atoms with Crippen LogP contribution in [0.3, 0.4) is 0 Å². The molecule has 0 fully saturated rings. The van der Waals surface area contributed by atoms with Crippen molar-refractivity contribution in [3.05, 3.63) is 26.6 Å². The second-order valence-electron chi connectivity index (χ2n) is 3.37. The van der Waals surface area contributed by atoms with E-state index < -0.39 is 12.6 Å². The number of nitrogens with two attached hydrogens (primary N) is 1. The Balaban J connectivity index is 2.61. The van der Waals surface area contributed by atoms with Gasteiger partial charge in [0.05, 0.1) is 14.0 Å². The highest BCUT2D eigenvalue weighted by atomic mass is 127. The molecule has 0 saturated heterocycles. The molecule has 0 spiro atoms. The minimum Gasteiger partial charge on any atom is -0.398 e. The van der Waals surface area contributed by atoms with Gasteiger partial charge in [0.25, 0.3) is 0 Å². The molecular formula is C10H7F3INS. The molecule has 0 atom stereocenters. The molecule has 0 radical (unpaired) electrons. The fourth-order valence-corrected chi connectivity index (χ4v) is 3.64. The molecule has 2 rings (SSSR count). The second-order valence-corrected chi connectivity index (χ2v) is 6.20. The van der Waals surface area contributed by atoms with Crippen LogP contribution in [0.5, 0.6) is 0 Å². The predicted octanol–water partition coefficient (Wildman–Crippen LogP) is 4.19. The molecule has 1 heterocycles. The lowest BCUT2D eigenvalue weighted by Crippen LogP contribution is -2.11. The van der Waals surface area contributed by atoms with Crippen molar-refractivity contribution in [3.8, 4) is 0 Å². The molecular weight excluding hydrogens is 350 g/mol. The molecule has 1 aromatic heterocycles. The van der Waals surface area contributed by atoms with Crippen molar-refractivity contribution in [1.82, 2.24) is 0 Å². The topological polar surface area (TPSA) is 26.0 Å². The summed E-state index contributed by atoms with van der Waals surface area (Å²) < 4.78 is 38.6. The normalized spacial score (nSPS) is 12.2. The third-order valence-electron chi connectivity index (χ3n) is 2.18. The zero-order valence-corrected chi connectivity index (χ0v) is 10.9.